The van der Waals surface area contributed by atoms with Crippen molar-refractivity contribution >= 4 is 0 Å². The Hall–Kier alpha value is -1.53. The molecule has 3 nitrogen and oxygen atoms in total. The van der Waals surface area contributed by atoms with Crippen molar-refractivity contribution in [2.75, 3.05) is 6.61 Å². The number of hydrogen-bond acceptors (Lipinski definition) is 3. The summed E-state index contributed by atoms with van der Waals surface area (Å²) in [5, 5.41) is 8.89. The molecule has 0 aromatic heterocycles. The van der Waals surface area contributed by atoms with Crippen LogP contribution < -0.4 is 10.5 Å². The van der Waals surface area contributed by atoms with Gasteiger partial charge in [0.05, 0.1) is 18.1 Å². The van der Waals surface area contributed by atoms with Gasteiger partial charge in [-0.05, 0) is 51.3 Å². The Morgan fingerprint density at radius 2 is 1.94 bits per heavy atom. The van der Waals surface area contributed by atoms with E-state index in [9.17, 15) is 0 Å². The number of nitrogens with two attached hydrogens (primary N) is 1. The Morgan fingerprint density at radius 3 is 2.44 bits per heavy atom. The van der Waals surface area contributed by atoms with E-state index in [2.05, 4.69) is 6.07 Å². The van der Waals surface area contributed by atoms with Gasteiger partial charge in [0, 0.05) is 6.04 Å². The third-order valence-electron chi connectivity index (χ3n) is 2.92. The highest BCUT2D eigenvalue weighted by Crippen LogP contribution is 2.21. The van der Waals surface area contributed by atoms with Crippen LogP contribution in [0.15, 0.2) is 24.3 Å². The van der Waals surface area contributed by atoms with Gasteiger partial charge in [-0.15, -0.1) is 0 Å². The highest BCUT2D eigenvalue weighted by Gasteiger charge is 2.15. The van der Waals surface area contributed by atoms with E-state index in [-0.39, 0.29) is 11.5 Å². The van der Waals surface area contributed by atoms with Gasteiger partial charge in [-0.3, -0.25) is 0 Å². The predicted octanol–water partition coefficient (Wildman–Crippen LogP) is 3.42. The lowest BCUT2D eigenvalue weighted by Crippen LogP contribution is -2.10. The smallest absolute Gasteiger partial charge is 0.119 e. The zero-order chi connectivity index (χ0) is 13.6. The van der Waals surface area contributed by atoms with Crippen LogP contribution in [0.3, 0.4) is 0 Å². The number of hydrogen-bond donors (Lipinski definition) is 1. The van der Waals surface area contributed by atoms with Gasteiger partial charge in [0.15, 0.2) is 0 Å². The van der Waals surface area contributed by atoms with Gasteiger partial charge in [-0.2, -0.15) is 5.26 Å². The standard InChI is InChI=1S/C15H22N2O/c1-12(17)13-5-7-14(8-6-13)18-10-4-9-15(2,3)11-16/h5-8,12H,4,9-10,17H2,1-3H3/t12-/m0/s1. The largest absolute Gasteiger partial charge is 0.494 e. The van der Waals surface area contributed by atoms with Gasteiger partial charge in [0.25, 0.3) is 0 Å². The molecule has 0 saturated heterocycles. The zero-order valence-electron chi connectivity index (χ0n) is 11.4. The molecule has 2 N–H and O–H groups in total. The van der Waals surface area contributed by atoms with Gasteiger partial charge in [-0.25, -0.2) is 0 Å². The Kier molecular flexibility index (Phi) is 5.18. The topological polar surface area (TPSA) is 59.0 Å². The molecule has 0 unspecified atom stereocenters. The molecule has 1 rings (SSSR count). The molecule has 0 fully saturated rings. The molecule has 18 heavy (non-hydrogen) atoms. The summed E-state index contributed by atoms with van der Waals surface area (Å²) in [5.41, 5.74) is 6.62. The van der Waals surface area contributed by atoms with Crippen LogP contribution >= 0.6 is 0 Å². The van der Waals surface area contributed by atoms with Crippen molar-refractivity contribution in [3.05, 3.63) is 29.8 Å². The van der Waals surface area contributed by atoms with Crippen molar-refractivity contribution in [2.45, 2.75) is 39.7 Å². The summed E-state index contributed by atoms with van der Waals surface area (Å²) in [7, 11) is 0. The minimum Gasteiger partial charge on any atom is -0.494 e. The van der Waals surface area contributed by atoms with Crippen LogP contribution in [0.4, 0.5) is 0 Å². The lowest BCUT2D eigenvalue weighted by atomic mass is 9.90. The van der Waals surface area contributed by atoms with Crippen LogP contribution in [0, 0.1) is 16.7 Å². The third-order valence-corrected chi connectivity index (χ3v) is 2.92. The normalized spacial score (nSPS) is 12.8. The maximum absolute atomic E-state index is 8.89. The van der Waals surface area contributed by atoms with E-state index in [1.807, 2.05) is 45.0 Å². The first-order chi connectivity index (χ1) is 8.44. The number of nitrogens with zero attached hydrogens (tertiary/aromatic N) is 1. The lowest BCUT2D eigenvalue weighted by molar-refractivity contribution is 0.284. The van der Waals surface area contributed by atoms with Crippen molar-refractivity contribution in [1.29, 1.82) is 5.26 Å². The summed E-state index contributed by atoms with van der Waals surface area (Å²) in [5.74, 6) is 0.856. The molecular weight excluding hydrogens is 224 g/mol. The first kappa shape index (κ1) is 14.5. The van der Waals surface area contributed by atoms with Crippen LogP contribution in [0.5, 0.6) is 5.75 Å². The summed E-state index contributed by atoms with van der Waals surface area (Å²) >= 11 is 0. The first-order valence-corrected chi connectivity index (χ1v) is 6.34. The Morgan fingerprint density at radius 1 is 1.33 bits per heavy atom. The molecule has 0 aliphatic heterocycles. The second-order valence-electron chi connectivity index (χ2n) is 5.31. The third kappa shape index (κ3) is 4.77. The average Bonchev–Trinajstić information content (AvgIpc) is 2.35. The molecule has 1 aromatic carbocycles. The molecule has 1 atom stereocenters. The minimum atomic E-state index is -0.262. The molecule has 0 aliphatic carbocycles. The molecule has 0 heterocycles. The number of rotatable bonds is 6. The maximum atomic E-state index is 8.89. The summed E-state index contributed by atoms with van der Waals surface area (Å²) in [4.78, 5) is 0. The first-order valence-electron chi connectivity index (χ1n) is 6.34. The molecule has 0 amide bonds. The van der Waals surface area contributed by atoms with Crippen molar-refractivity contribution < 1.29 is 4.74 Å². The molecule has 1 aromatic rings. The quantitative estimate of drug-likeness (QED) is 0.782. The van der Waals surface area contributed by atoms with E-state index >= 15 is 0 Å². The van der Waals surface area contributed by atoms with Crippen molar-refractivity contribution in [2.24, 2.45) is 11.1 Å². The second-order valence-corrected chi connectivity index (χ2v) is 5.31. The van der Waals surface area contributed by atoms with Gasteiger partial charge < -0.3 is 10.5 Å². The minimum absolute atomic E-state index is 0.0514. The summed E-state index contributed by atoms with van der Waals surface area (Å²) < 4.78 is 5.63. The van der Waals surface area contributed by atoms with Gasteiger partial charge in [0.1, 0.15) is 5.75 Å². The number of benzene rings is 1. The molecule has 0 saturated carbocycles. The summed E-state index contributed by atoms with van der Waals surface area (Å²) in [6, 6.07) is 10.2. The lowest BCUT2D eigenvalue weighted by Gasteiger charge is -2.15. The molecule has 0 radical (unpaired) electrons. The summed E-state index contributed by atoms with van der Waals surface area (Å²) in [6.07, 6.45) is 1.73. The van der Waals surface area contributed by atoms with Gasteiger partial charge in [-0.1, -0.05) is 12.1 Å². The molecule has 0 bridgehead atoms. The zero-order valence-corrected chi connectivity index (χ0v) is 11.4. The molecular formula is C15H22N2O. The Balaban J connectivity index is 2.34. The van der Waals surface area contributed by atoms with E-state index in [1.54, 1.807) is 0 Å². The predicted molar refractivity (Wildman–Crippen MR) is 73.2 cm³/mol. The van der Waals surface area contributed by atoms with Crippen LogP contribution in [-0.4, -0.2) is 6.61 Å². The van der Waals surface area contributed by atoms with E-state index in [4.69, 9.17) is 15.7 Å². The Labute approximate surface area is 110 Å². The average molecular weight is 246 g/mol. The number of nitriles is 1. The van der Waals surface area contributed by atoms with Gasteiger partial charge >= 0.3 is 0 Å². The fourth-order valence-electron chi connectivity index (χ4n) is 1.63. The van der Waals surface area contributed by atoms with E-state index in [1.165, 1.54) is 0 Å². The van der Waals surface area contributed by atoms with Crippen molar-refractivity contribution in [1.82, 2.24) is 0 Å². The van der Waals surface area contributed by atoms with Gasteiger partial charge in [0.2, 0.25) is 0 Å². The van der Waals surface area contributed by atoms with Crippen molar-refractivity contribution in [3.63, 3.8) is 0 Å². The second kappa shape index (κ2) is 6.42. The van der Waals surface area contributed by atoms with E-state index < -0.39 is 0 Å². The molecule has 98 valence electrons. The van der Waals surface area contributed by atoms with Crippen LogP contribution in [-0.2, 0) is 0 Å². The molecule has 0 aliphatic rings. The van der Waals surface area contributed by atoms with E-state index in [0.717, 1.165) is 24.2 Å². The van der Waals surface area contributed by atoms with Crippen LogP contribution in [0.1, 0.15) is 45.2 Å². The Bertz CT molecular complexity index is 401. The fourth-order valence-corrected chi connectivity index (χ4v) is 1.63. The monoisotopic (exact) mass is 246 g/mol. The van der Waals surface area contributed by atoms with Crippen molar-refractivity contribution in [3.8, 4) is 11.8 Å². The summed E-state index contributed by atoms with van der Waals surface area (Å²) in [6.45, 7) is 6.50. The molecule has 0 spiro atoms. The highest BCUT2D eigenvalue weighted by molar-refractivity contribution is 5.28. The van der Waals surface area contributed by atoms with Crippen LogP contribution in [0.2, 0.25) is 0 Å². The maximum Gasteiger partial charge on any atom is 0.119 e. The number of ether oxygens (including phenoxy) is 1. The van der Waals surface area contributed by atoms with E-state index in [0.29, 0.717) is 6.61 Å². The fraction of sp³-hybridized carbons (Fsp3) is 0.533. The highest BCUT2D eigenvalue weighted by atomic mass is 16.5. The van der Waals surface area contributed by atoms with Crippen LogP contribution in [0.25, 0.3) is 0 Å². The molecule has 3 heteroatoms. The SMILES string of the molecule is C[C@H](N)c1ccc(OCCCC(C)(C)C#N)cc1.